The molecule has 2 heterocycles. The molecule has 1 aliphatic rings. The van der Waals surface area contributed by atoms with Crippen molar-refractivity contribution in [3.63, 3.8) is 0 Å². The molecule has 3 amide bonds. The van der Waals surface area contributed by atoms with E-state index >= 15 is 0 Å². The Morgan fingerprint density at radius 2 is 1.88 bits per heavy atom. The van der Waals surface area contributed by atoms with Gasteiger partial charge in [0.25, 0.3) is 5.91 Å². The summed E-state index contributed by atoms with van der Waals surface area (Å²) >= 11 is 1.47. The van der Waals surface area contributed by atoms with E-state index < -0.39 is 5.91 Å². The van der Waals surface area contributed by atoms with E-state index in [1.165, 1.54) is 11.3 Å². The standard InChI is InChI=1S/C24H25N3O4S/c1-4-31-11-10-26-19-13-15(2)12-16(3)22(19)32-24(26)25-23(30)17-6-5-7-18(14-17)27-20(28)8-9-21(27)29/h5-7,12-14H,4,8-11H2,1-3H3. The Hall–Kier alpha value is -3.10. The molecule has 3 aromatic rings. The molecule has 4 rings (SSSR count). The zero-order valence-electron chi connectivity index (χ0n) is 18.4. The van der Waals surface area contributed by atoms with Crippen LogP contribution in [0.3, 0.4) is 0 Å². The molecule has 1 aromatic heterocycles. The Balaban J connectivity index is 1.75. The Kier molecular flexibility index (Phi) is 6.34. The average Bonchev–Trinajstić information content (AvgIpc) is 3.28. The lowest BCUT2D eigenvalue weighted by molar-refractivity contribution is -0.121. The molecule has 32 heavy (non-hydrogen) atoms. The number of rotatable bonds is 6. The van der Waals surface area contributed by atoms with Crippen molar-refractivity contribution in [1.29, 1.82) is 0 Å². The van der Waals surface area contributed by atoms with Gasteiger partial charge in [0.05, 0.1) is 22.5 Å². The van der Waals surface area contributed by atoms with E-state index in [-0.39, 0.29) is 24.7 Å². The number of carbonyl (C=O) groups excluding carboxylic acids is 3. The van der Waals surface area contributed by atoms with Crippen molar-refractivity contribution >= 4 is 45.0 Å². The Labute approximate surface area is 190 Å². The van der Waals surface area contributed by atoms with Gasteiger partial charge >= 0.3 is 0 Å². The highest BCUT2D eigenvalue weighted by Crippen LogP contribution is 2.25. The summed E-state index contributed by atoms with van der Waals surface area (Å²) in [7, 11) is 0. The predicted molar refractivity (Wildman–Crippen MR) is 124 cm³/mol. The van der Waals surface area contributed by atoms with E-state index in [0.717, 1.165) is 26.2 Å². The van der Waals surface area contributed by atoms with Crippen LogP contribution in [0.4, 0.5) is 5.69 Å². The average molecular weight is 452 g/mol. The van der Waals surface area contributed by atoms with Crippen molar-refractivity contribution in [2.75, 3.05) is 18.1 Å². The molecule has 0 atom stereocenters. The monoisotopic (exact) mass is 451 g/mol. The minimum Gasteiger partial charge on any atom is -0.380 e. The third kappa shape index (κ3) is 4.28. The van der Waals surface area contributed by atoms with Crippen LogP contribution >= 0.6 is 11.3 Å². The molecule has 0 radical (unpaired) electrons. The summed E-state index contributed by atoms with van der Waals surface area (Å²) in [6.45, 7) is 7.77. The summed E-state index contributed by atoms with van der Waals surface area (Å²) in [5.74, 6) is -0.918. The Bertz CT molecular complexity index is 1270. The molecule has 0 spiro atoms. The number of anilines is 1. The van der Waals surface area contributed by atoms with Crippen molar-refractivity contribution in [3.8, 4) is 0 Å². The van der Waals surface area contributed by atoms with Gasteiger partial charge in [0.2, 0.25) is 11.8 Å². The first-order chi connectivity index (χ1) is 15.4. The summed E-state index contributed by atoms with van der Waals surface area (Å²) in [4.78, 5) is 43.4. The van der Waals surface area contributed by atoms with E-state index in [1.54, 1.807) is 24.3 Å². The van der Waals surface area contributed by atoms with Crippen LogP contribution in [0.2, 0.25) is 0 Å². The van der Waals surface area contributed by atoms with Gasteiger partial charge in [-0.25, -0.2) is 0 Å². The zero-order valence-corrected chi connectivity index (χ0v) is 19.2. The molecule has 0 unspecified atom stereocenters. The van der Waals surface area contributed by atoms with E-state index in [1.807, 2.05) is 18.4 Å². The van der Waals surface area contributed by atoms with Crippen LogP contribution in [0.25, 0.3) is 10.2 Å². The molecule has 0 aliphatic carbocycles. The number of aromatic nitrogens is 1. The van der Waals surface area contributed by atoms with Gasteiger partial charge in [0, 0.05) is 31.6 Å². The quantitative estimate of drug-likeness (QED) is 0.422. The van der Waals surface area contributed by atoms with Gasteiger partial charge in [-0.05, 0) is 56.2 Å². The smallest absolute Gasteiger partial charge is 0.279 e. The van der Waals surface area contributed by atoms with Crippen molar-refractivity contribution in [3.05, 3.63) is 57.9 Å². The van der Waals surface area contributed by atoms with E-state index in [9.17, 15) is 14.4 Å². The molecule has 0 saturated carbocycles. The third-order valence-electron chi connectivity index (χ3n) is 5.38. The zero-order chi connectivity index (χ0) is 22.8. The topological polar surface area (TPSA) is 81.0 Å². The summed E-state index contributed by atoms with van der Waals surface area (Å²) in [6, 6.07) is 10.7. The van der Waals surface area contributed by atoms with Crippen LogP contribution in [-0.4, -0.2) is 35.5 Å². The van der Waals surface area contributed by atoms with Gasteiger partial charge in [0.15, 0.2) is 4.80 Å². The fraction of sp³-hybridized carbons (Fsp3) is 0.333. The Morgan fingerprint density at radius 1 is 1.12 bits per heavy atom. The third-order valence-corrected chi connectivity index (χ3v) is 6.61. The molecule has 166 valence electrons. The van der Waals surface area contributed by atoms with Gasteiger partial charge < -0.3 is 9.30 Å². The first kappa shape index (κ1) is 22.1. The number of benzene rings is 2. The summed E-state index contributed by atoms with van der Waals surface area (Å²) in [5.41, 5.74) is 4.05. The van der Waals surface area contributed by atoms with Gasteiger partial charge in [-0.1, -0.05) is 23.5 Å². The Morgan fingerprint density at radius 3 is 2.59 bits per heavy atom. The van der Waals surface area contributed by atoms with E-state index in [0.29, 0.717) is 35.8 Å². The molecule has 0 bridgehead atoms. The van der Waals surface area contributed by atoms with Crippen LogP contribution < -0.4 is 9.70 Å². The normalized spacial score (nSPS) is 14.7. The second-order valence-corrected chi connectivity index (χ2v) is 8.73. The summed E-state index contributed by atoms with van der Waals surface area (Å²) in [5, 5.41) is 0. The second kappa shape index (κ2) is 9.18. The maximum Gasteiger partial charge on any atom is 0.279 e. The first-order valence-electron chi connectivity index (χ1n) is 10.6. The summed E-state index contributed by atoms with van der Waals surface area (Å²) < 4.78 is 8.64. The summed E-state index contributed by atoms with van der Waals surface area (Å²) in [6.07, 6.45) is 0.392. The van der Waals surface area contributed by atoms with Crippen molar-refractivity contribution in [1.82, 2.24) is 4.57 Å². The van der Waals surface area contributed by atoms with Crippen LogP contribution in [0.15, 0.2) is 41.4 Å². The highest BCUT2D eigenvalue weighted by Gasteiger charge is 2.30. The van der Waals surface area contributed by atoms with Gasteiger partial charge in [-0.2, -0.15) is 4.99 Å². The van der Waals surface area contributed by atoms with Gasteiger partial charge in [-0.15, -0.1) is 0 Å². The van der Waals surface area contributed by atoms with Gasteiger partial charge in [-0.3, -0.25) is 19.3 Å². The van der Waals surface area contributed by atoms with Crippen molar-refractivity contribution in [2.24, 2.45) is 4.99 Å². The molecule has 0 N–H and O–H groups in total. The molecular formula is C24H25N3O4S. The highest BCUT2D eigenvalue weighted by atomic mass is 32.1. The molecular weight excluding hydrogens is 426 g/mol. The minimum absolute atomic E-state index is 0.196. The number of aryl methyl sites for hydroxylation is 2. The van der Waals surface area contributed by atoms with Gasteiger partial charge in [0.1, 0.15) is 0 Å². The molecule has 1 saturated heterocycles. The van der Waals surface area contributed by atoms with E-state index in [2.05, 4.69) is 24.0 Å². The van der Waals surface area contributed by atoms with E-state index in [4.69, 9.17) is 4.74 Å². The van der Waals surface area contributed by atoms with Crippen LogP contribution in [-0.2, 0) is 20.9 Å². The molecule has 1 aliphatic heterocycles. The SMILES string of the molecule is CCOCCn1c(=NC(=O)c2cccc(N3C(=O)CCC3=O)c2)sc2c(C)cc(C)cc21. The highest BCUT2D eigenvalue weighted by molar-refractivity contribution is 7.16. The number of nitrogens with zero attached hydrogens (tertiary/aromatic N) is 3. The maximum absolute atomic E-state index is 13.1. The maximum atomic E-state index is 13.1. The lowest BCUT2D eigenvalue weighted by Gasteiger charge is -2.14. The fourth-order valence-corrected chi connectivity index (χ4v) is 5.01. The molecule has 1 fully saturated rings. The number of imide groups is 1. The van der Waals surface area contributed by atoms with Crippen molar-refractivity contribution < 1.29 is 19.1 Å². The van der Waals surface area contributed by atoms with Crippen LogP contribution in [0, 0.1) is 13.8 Å². The number of carbonyl (C=O) groups is 3. The lowest BCUT2D eigenvalue weighted by Crippen LogP contribution is -2.28. The number of amides is 3. The predicted octanol–water partition coefficient (Wildman–Crippen LogP) is 3.75. The van der Waals surface area contributed by atoms with Crippen molar-refractivity contribution in [2.45, 2.75) is 40.2 Å². The second-order valence-electron chi connectivity index (χ2n) is 7.75. The fourth-order valence-electron chi connectivity index (χ4n) is 3.91. The number of hydrogen-bond acceptors (Lipinski definition) is 5. The number of ether oxygens (including phenoxy) is 1. The molecule has 8 heteroatoms. The number of hydrogen-bond donors (Lipinski definition) is 0. The first-order valence-corrected chi connectivity index (χ1v) is 11.4. The number of thiazole rings is 1. The minimum atomic E-state index is -0.419. The lowest BCUT2D eigenvalue weighted by atomic mass is 10.1. The van der Waals surface area contributed by atoms with Crippen LogP contribution in [0.5, 0.6) is 0 Å². The molecule has 7 nitrogen and oxygen atoms in total. The largest absolute Gasteiger partial charge is 0.380 e. The number of fused-ring (bicyclic) bond motifs is 1. The molecule has 2 aromatic carbocycles. The van der Waals surface area contributed by atoms with Crippen LogP contribution in [0.1, 0.15) is 41.3 Å².